The zero-order valence-electron chi connectivity index (χ0n) is 15.8. The summed E-state index contributed by atoms with van der Waals surface area (Å²) < 4.78 is 30.5. The average Bonchev–Trinajstić information content (AvgIpc) is 2.65. The Kier molecular flexibility index (Phi) is 7.43. The number of hydrogen-bond acceptors (Lipinski definition) is 10. The first-order valence-corrected chi connectivity index (χ1v) is 10.3. The SMILES string of the molecule is CCCNc1nc(NCCS(=O)(=O)O)nc(Nc2cc(C(=O)O)cc(C(=O)O)c2)n1. The molecule has 0 amide bonds. The van der Waals surface area contributed by atoms with E-state index in [4.69, 9.17) is 4.55 Å². The van der Waals surface area contributed by atoms with Crippen molar-refractivity contribution in [2.24, 2.45) is 0 Å². The van der Waals surface area contributed by atoms with Crippen LogP contribution in [0.4, 0.5) is 23.5 Å². The smallest absolute Gasteiger partial charge is 0.335 e. The summed E-state index contributed by atoms with van der Waals surface area (Å²) in [6, 6.07) is 3.44. The summed E-state index contributed by atoms with van der Waals surface area (Å²) in [5.74, 6) is -3.10. The zero-order valence-corrected chi connectivity index (χ0v) is 16.6. The molecule has 0 bridgehead atoms. The van der Waals surface area contributed by atoms with Crippen LogP contribution in [0, 0.1) is 0 Å². The number of nitrogens with one attached hydrogen (secondary N) is 3. The standard InChI is InChI=1S/C16H20N6O7S/c1-2-3-17-14-20-15(18-4-5-30(27,28)29)22-16(21-14)19-11-7-9(12(23)24)6-10(8-11)13(25)26/h6-8H,2-5H2,1H3,(H,23,24)(H,25,26)(H,27,28,29)(H3,17,18,19,20,21,22). The maximum atomic E-state index is 11.3. The molecule has 0 aliphatic rings. The van der Waals surface area contributed by atoms with Crippen LogP contribution in [0.1, 0.15) is 34.1 Å². The average molecular weight is 440 g/mol. The van der Waals surface area contributed by atoms with Gasteiger partial charge in [0.05, 0.1) is 16.9 Å². The number of rotatable bonds is 11. The highest BCUT2D eigenvalue weighted by Gasteiger charge is 2.14. The molecule has 1 aromatic heterocycles. The zero-order chi connectivity index (χ0) is 22.3. The highest BCUT2D eigenvalue weighted by Crippen LogP contribution is 2.20. The predicted octanol–water partition coefficient (Wildman–Crippen LogP) is 1.13. The number of benzene rings is 1. The Bertz CT molecular complexity index is 1010. The number of hydrogen-bond donors (Lipinski definition) is 6. The topological polar surface area (TPSA) is 204 Å². The number of carboxylic acids is 2. The molecule has 0 radical (unpaired) electrons. The molecule has 0 unspecified atom stereocenters. The molecule has 0 fully saturated rings. The molecule has 1 aromatic carbocycles. The van der Waals surface area contributed by atoms with E-state index in [2.05, 4.69) is 30.9 Å². The van der Waals surface area contributed by atoms with E-state index in [1.807, 2.05) is 6.92 Å². The van der Waals surface area contributed by atoms with Crippen LogP contribution in [0.15, 0.2) is 18.2 Å². The van der Waals surface area contributed by atoms with Crippen LogP contribution < -0.4 is 16.0 Å². The highest BCUT2D eigenvalue weighted by molar-refractivity contribution is 7.85. The first-order valence-electron chi connectivity index (χ1n) is 8.65. The van der Waals surface area contributed by atoms with Crippen LogP contribution in [0.2, 0.25) is 0 Å². The minimum Gasteiger partial charge on any atom is -0.478 e. The van der Waals surface area contributed by atoms with E-state index in [0.717, 1.165) is 12.5 Å². The van der Waals surface area contributed by atoms with Gasteiger partial charge in [0.25, 0.3) is 10.1 Å². The molecule has 0 aliphatic heterocycles. The van der Waals surface area contributed by atoms with Crippen LogP contribution in [-0.2, 0) is 10.1 Å². The highest BCUT2D eigenvalue weighted by atomic mass is 32.2. The maximum absolute atomic E-state index is 11.3. The molecular formula is C16H20N6O7S. The Morgan fingerprint density at radius 2 is 1.40 bits per heavy atom. The van der Waals surface area contributed by atoms with E-state index in [1.165, 1.54) is 12.1 Å². The minimum absolute atomic E-state index is 0.0115. The van der Waals surface area contributed by atoms with Gasteiger partial charge in [0.2, 0.25) is 17.8 Å². The van der Waals surface area contributed by atoms with Crippen molar-refractivity contribution >= 4 is 45.6 Å². The lowest BCUT2D eigenvalue weighted by molar-refractivity contribution is 0.0696. The van der Waals surface area contributed by atoms with Crippen molar-refractivity contribution in [3.63, 3.8) is 0 Å². The van der Waals surface area contributed by atoms with Gasteiger partial charge in [-0.1, -0.05) is 6.92 Å². The molecular weight excluding hydrogens is 420 g/mol. The quantitative estimate of drug-likeness (QED) is 0.271. The molecule has 0 saturated carbocycles. The summed E-state index contributed by atoms with van der Waals surface area (Å²) in [4.78, 5) is 34.8. The van der Waals surface area contributed by atoms with Gasteiger partial charge in [-0.2, -0.15) is 23.4 Å². The summed E-state index contributed by atoms with van der Waals surface area (Å²) in [6.45, 7) is 2.28. The van der Waals surface area contributed by atoms with Gasteiger partial charge in [-0.3, -0.25) is 4.55 Å². The van der Waals surface area contributed by atoms with Crippen molar-refractivity contribution in [2.75, 3.05) is 34.8 Å². The van der Waals surface area contributed by atoms with Crippen molar-refractivity contribution in [3.05, 3.63) is 29.3 Å². The summed E-state index contributed by atoms with van der Waals surface area (Å²) in [6.07, 6.45) is 0.766. The van der Waals surface area contributed by atoms with Gasteiger partial charge in [0.1, 0.15) is 0 Å². The molecule has 6 N–H and O–H groups in total. The van der Waals surface area contributed by atoms with Crippen molar-refractivity contribution < 1.29 is 32.8 Å². The number of aromatic carboxylic acids is 2. The molecule has 162 valence electrons. The maximum Gasteiger partial charge on any atom is 0.335 e. The number of carbonyl (C=O) groups is 2. The Morgan fingerprint density at radius 1 is 0.900 bits per heavy atom. The van der Waals surface area contributed by atoms with Gasteiger partial charge in [-0.05, 0) is 24.6 Å². The second-order valence-corrected chi connectivity index (χ2v) is 7.55. The minimum atomic E-state index is -4.18. The molecule has 2 rings (SSSR count). The second-order valence-electron chi connectivity index (χ2n) is 5.98. The van der Waals surface area contributed by atoms with E-state index in [-0.39, 0.29) is 41.2 Å². The van der Waals surface area contributed by atoms with E-state index >= 15 is 0 Å². The summed E-state index contributed by atoms with van der Waals surface area (Å²) >= 11 is 0. The van der Waals surface area contributed by atoms with Gasteiger partial charge in [-0.25, -0.2) is 9.59 Å². The lowest BCUT2D eigenvalue weighted by atomic mass is 10.1. The fourth-order valence-electron chi connectivity index (χ4n) is 2.19. The van der Waals surface area contributed by atoms with Gasteiger partial charge >= 0.3 is 11.9 Å². The molecule has 0 atom stereocenters. The van der Waals surface area contributed by atoms with Crippen molar-refractivity contribution in [2.45, 2.75) is 13.3 Å². The van der Waals surface area contributed by atoms with Crippen molar-refractivity contribution in [1.82, 2.24) is 15.0 Å². The fraction of sp³-hybridized carbons (Fsp3) is 0.312. The molecule has 2 aromatic rings. The van der Waals surface area contributed by atoms with Crippen molar-refractivity contribution in [1.29, 1.82) is 0 Å². The number of aromatic nitrogens is 3. The third kappa shape index (κ3) is 7.14. The monoisotopic (exact) mass is 440 g/mol. The first kappa shape index (κ1) is 22.8. The Balaban J connectivity index is 2.33. The molecule has 1 heterocycles. The number of carboxylic acid groups (broad SMARTS) is 2. The van der Waals surface area contributed by atoms with E-state index in [1.54, 1.807) is 0 Å². The first-order chi connectivity index (χ1) is 14.1. The Morgan fingerprint density at radius 3 is 1.87 bits per heavy atom. The van der Waals surface area contributed by atoms with Crippen LogP contribution >= 0.6 is 0 Å². The second kappa shape index (κ2) is 9.80. The van der Waals surface area contributed by atoms with Crippen LogP contribution in [0.3, 0.4) is 0 Å². The van der Waals surface area contributed by atoms with Gasteiger partial charge in [0, 0.05) is 18.8 Å². The lowest BCUT2D eigenvalue weighted by Gasteiger charge is -2.11. The van der Waals surface area contributed by atoms with Crippen LogP contribution in [-0.4, -0.2) is 68.9 Å². The Hall–Kier alpha value is -3.52. The third-order valence-corrected chi connectivity index (χ3v) is 4.21. The molecule has 14 heteroatoms. The summed E-state index contributed by atoms with van der Waals surface area (Å²) in [5, 5.41) is 26.6. The van der Waals surface area contributed by atoms with Gasteiger partial charge in [-0.15, -0.1) is 0 Å². The third-order valence-electron chi connectivity index (χ3n) is 3.49. The fourth-order valence-corrected chi connectivity index (χ4v) is 2.55. The van der Waals surface area contributed by atoms with Crippen LogP contribution in [0.5, 0.6) is 0 Å². The summed E-state index contributed by atoms with van der Waals surface area (Å²) in [7, 11) is -4.18. The largest absolute Gasteiger partial charge is 0.478 e. The molecule has 0 saturated heterocycles. The van der Waals surface area contributed by atoms with Gasteiger partial charge in [0.15, 0.2) is 0 Å². The van der Waals surface area contributed by atoms with Crippen molar-refractivity contribution in [3.8, 4) is 0 Å². The normalized spacial score (nSPS) is 11.0. The van der Waals surface area contributed by atoms with E-state index < -0.39 is 27.8 Å². The number of anilines is 4. The molecule has 0 aliphatic carbocycles. The Labute approximate surface area is 171 Å². The molecule has 0 spiro atoms. The molecule has 13 nitrogen and oxygen atoms in total. The van der Waals surface area contributed by atoms with Gasteiger partial charge < -0.3 is 26.2 Å². The number of nitrogens with zero attached hydrogens (tertiary/aromatic N) is 3. The molecule has 30 heavy (non-hydrogen) atoms. The lowest BCUT2D eigenvalue weighted by Crippen LogP contribution is -2.17. The summed E-state index contributed by atoms with van der Waals surface area (Å²) in [5.41, 5.74) is -0.381. The predicted molar refractivity (Wildman–Crippen MR) is 107 cm³/mol. The van der Waals surface area contributed by atoms with Crippen LogP contribution in [0.25, 0.3) is 0 Å². The van der Waals surface area contributed by atoms with E-state index in [9.17, 15) is 28.2 Å². The van der Waals surface area contributed by atoms with E-state index in [0.29, 0.717) is 6.54 Å².